The molecule has 0 amide bonds. The quantitative estimate of drug-likeness (QED) is 0.569. The van der Waals surface area contributed by atoms with Crippen molar-refractivity contribution in [2.24, 2.45) is 0 Å². The molecule has 0 heterocycles. The van der Waals surface area contributed by atoms with Crippen LogP contribution in [0.3, 0.4) is 0 Å². The van der Waals surface area contributed by atoms with Gasteiger partial charge < -0.3 is 4.74 Å². The molecule has 0 fully saturated rings. The summed E-state index contributed by atoms with van der Waals surface area (Å²) in [5.74, 6) is 0.179. The van der Waals surface area contributed by atoms with E-state index in [-0.39, 0.29) is 11.9 Å². The van der Waals surface area contributed by atoms with Crippen molar-refractivity contribution in [2.45, 2.75) is 33.3 Å². The van der Waals surface area contributed by atoms with Crippen LogP contribution in [-0.2, 0) is 9.53 Å². The van der Waals surface area contributed by atoms with E-state index >= 15 is 0 Å². The highest BCUT2D eigenvalue weighted by atomic mass is 16.5. The van der Waals surface area contributed by atoms with Crippen LogP contribution in [0, 0.1) is 0 Å². The van der Waals surface area contributed by atoms with Crippen LogP contribution in [0.15, 0.2) is 12.2 Å². The molecule has 0 aliphatic heterocycles. The van der Waals surface area contributed by atoms with Crippen LogP contribution in [0.4, 0.5) is 0 Å². The zero-order valence-electron chi connectivity index (χ0n) is 7.46. The fourth-order valence-corrected chi connectivity index (χ4v) is 0.780. The molecule has 0 radical (unpaired) electrons. The summed E-state index contributed by atoms with van der Waals surface area (Å²) >= 11 is 0. The van der Waals surface area contributed by atoms with Gasteiger partial charge in [0.05, 0.1) is 12.7 Å². The molecule has 0 saturated heterocycles. The fraction of sp³-hybridized carbons (Fsp3) is 0.667. The largest absolute Gasteiger partial charge is 0.374 e. The number of hydrogen-bond acceptors (Lipinski definition) is 2. The van der Waals surface area contributed by atoms with E-state index in [1.54, 1.807) is 6.92 Å². The fourth-order valence-electron chi connectivity index (χ4n) is 0.780. The Kier molecular flexibility index (Phi) is 5.75. The zero-order valence-corrected chi connectivity index (χ0v) is 7.46. The van der Waals surface area contributed by atoms with Crippen molar-refractivity contribution in [1.82, 2.24) is 0 Å². The lowest BCUT2D eigenvalue weighted by atomic mass is 10.2. The maximum absolute atomic E-state index is 10.6. The van der Waals surface area contributed by atoms with Crippen molar-refractivity contribution in [3.8, 4) is 0 Å². The first-order valence-corrected chi connectivity index (χ1v) is 3.89. The molecule has 0 rings (SSSR count). The minimum Gasteiger partial charge on any atom is -0.374 e. The molecule has 0 saturated carbocycles. The van der Waals surface area contributed by atoms with Crippen molar-refractivity contribution in [1.29, 1.82) is 0 Å². The molecule has 0 spiro atoms. The number of ketones is 1. The number of rotatable bonds is 5. The number of hydrogen-bond donors (Lipinski definition) is 0. The maximum Gasteiger partial charge on any atom is 0.132 e. The lowest BCUT2D eigenvalue weighted by Gasteiger charge is -2.08. The van der Waals surface area contributed by atoms with Gasteiger partial charge in [0.15, 0.2) is 0 Å². The lowest BCUT2D eigenvalue weighted by molar-refractivity contribution is -0.119. The smallest absolute Gasteiger partial charge is 0.132 e. The highest BCUT2D eigenvalue weighted by Crippen LogP contribution is 1.97. The number of carbonyl (C=O) groups is 1. The van der Waals surface area contributed by atoms with Gasteiger partial charge in [-0.25, -0.2) is 0 Å². The Hall–Kier alpha value is -0.630. The van der Waals surface area contributed by atoms with E-state index in [1.807, 2.05) is 26.0 Å². The van der Waals surface area contributed by atoms with Gasteiger partial charge in [-0.2, -0.15) is 0 Å². The van der Waals surface area contributed by atoms with Gasteiger partial charge >= 0.3 is 0 Å². The first-order chi connectivity index (χ1) is 5.16. The van der Waals surface area contributed by atoms with Crippen LogP contribution in [0.1, 0.15) is 27.2 Å². The van der Waals surface area contributed by atoms with Crippen LogP contribution in [0.5, 0.6) is 0 Å². The molecular formula is C9H16O2. The van der Waals surface area contributed by atoms with Crippen molar-refractivity contribution in [2.75, 3.05) is 6.61 Å². The number of ether oxygens (including phenoxy) is 1. The maximum atomic E-state index is 10.6. The van der Waals surface area contributed by atoms with E-state index in [2.05, 4.69) is 0 Å². The van der Waals surface area contributed by atoms with E-state index in [9.17, 15) is 4.79 Å². The van der Waals surface area contributed by atoms with Crippen molar-refractivity contribution in [3.63, 3.8) is 0 Å². The van der Waals surface area contributed by atoms with Gasteiger partial charge in [-0.1, -0.05) is 12.2 Å². The normalized spacial score (nSPS) is 13.7. The molecule has 0 bridgehead atoms. The average Bonchev–Trinajstić information content (AvgIpc) is 1.86. The predicted octanol–water partition coefficient (Wildman–Crippen LogP) is 1.95. The molecule has 0 aromatic carbocycles. The van der Waals surface area contributed by atoms with Crippen LogP contribution >= 0.6 is 0 Å². The zero-order chi connectivity index (χ0) is 8.69. The van der Waals surface area contributed by atoms with Crippen molar-refractivity contribution in [3.05, 3.63) is 12.2 Å². The number of carbonyl (C=O) groups excluding carboxylic acids is 1. The summed E-state index contributed by atoms with van der Waals surface area (Å²) in [5, 5.41) is 0. The summed E-state index contributed by atoms with van der Waals surface area (Å²) in [6.45, 7) is 6.03. The lowest BCUT2D eigenvalue weighted by Crippen LogP contribution is -2.12. The molecule has 0 aromatic heterocycles. The SMILES string of the molecule is CC=CCOC(C)CC(C)=O. The molecule has 0 aliphatic carbocycles. The Morgan fingerprint density at radius 3 is 2.73 bits per heavy atom. The predicted molar refractivity (Wildman–Crippen MR) is 45.5 cm³/mol. The molecular weight excluding hydrogens is 140 g/mol. The van der Waals surface area contributed by atoms with Gasteiger partial charge in [0.25, 0.3) is 0 Å². The Morgan fingerprint density at radius 1 is 1.64 bits per heavy atom. The van der Waals surface area contributed by atoms with Crippen molar-refractivity contribution >= 4 is 5.78 Å². The second-order valence-corrected chi connectivity index (χ2v) is 2.62. The third-order valence-corrected chi connectivity index (χ3v) is 1.29. The highest BCUT2D eigenvalue weighted by molar-refractivity contribution is 5.75. The highest BCUT2D eigenvalue weighted by Gasteiger charge is 2.03. The Balaban J connectivity index is 3.36. The van der Waals surface area contributed by atoms with Crippen molar-refractivity contribution < 1.29 is 9.53 Å². The van der Waals surface area contributed by atoms with E-state index in [0.717, 1.165) is 0 Å². The summed E-state index contributed by atoms with van der Waals surface area (Å²) in [6.07, 6.45) is 4.41. The van der Waals surface area contributed by atoms with Gasteiger partial charge in [-0.15, -0.1) is 0 Å². The molecule has 11 heavy (non-hydrogen) atoms. The van der Waals surface area contributed by atoms with Crippen LogP contribution in [0.2, 0.25) is 0 Å². The average molecular weight is 156 g/mol. The van der Waals surface area contributed by atoms with E-state index in [1.165, 1.54) is 0 Å². The van der Waals surface area contributed by atoms with Crippen LogP contribution < -0.4 is 0 Å². The molecule has 64 valence electrons. The third-order valence-electron chi connectivity index (χ3n) is 1.29. The Labute approximate surface area is 68.2 Å². The molecule has 0 aliphatic rings. The molecule has 2 nitrogen and oxygen atoms in total. The second kappa shape index (κ2) is 6.10. The van der Waals surface area contributed by atoms with Gasteiger partial charge in [-0.3, -0.25) is 4.79 Å². The first-order valence-electron chi connectivity index (χ1n) is 3.89. The minimum absolute atomic E-state index is 0.0451. The first kappa shape index (κ1) is 10.4. The summed E-state index contributed by atoms with van der Waals surface area (Å²) < 4.78 is 5.29. The number of Topliss-reactive ketones (excluding diaryl/α,β-unsaturated/α-hetero) is 1. The van der Waals surface area contributed by atoms with E-state index in [4.69, 9.17) is 4.74 Å². The number of allylic oxidation sites excluding steroid dienone is 1. The molecule has 1 unspecified atom stereocenters. The Morgan fingerprint density at radius 2 is 2.27 bits per heavy atom. The van der Waals surface area contributed by atoms with Crippen LogP contribution in [-0.4, -0.2) is 18.5 Å². The van der Waals surface area contributed by atoms with Gasteiger partial charge in [-0.05, 0) is 20.8 Å². The van der Waals surface area contributed by atoms with Crippen LogP contribution in [0.25, 0.3) is 0 Å². The minimum atomic E-state index is 0.0451. The van der Waals surface area contributed by atoms with Gasteiger partial charge in [0, 0.05) is 6.42 Å². The van der Waals surface area contributed by atoms with Gasteiger partial charge in [0.1, 0.15) is 5.78 Å². The summed E-state index contributed by atoms with van der Waals surface area (Å²) in [6, 6.07) is 0. The molecule has 0 N–H and O–H groups in total. The standard InChI is InChI=1S/C9H16O2/c1-4-5-6-11-9(3)7-8(2)10/h4-5,9H,6-7H2,1-3H3. The second-order valence-electron chi connectivity index (χ2n) is 2.62. The molecule has 1 atom stereocenters. The third kappa shape index (κ3) is 7.26. The van der Waals surface area contributed by atoms with E-state index in [0.29, 0.717) is 13.0 Å². The topological polar surface area (TPSA) is 26.3 Å². The molecule has 0 aromatic rings. The summed E-state index contributed by atoms with van der Waals surface area (Å²) in [4.78, 5) is 10.6. The van der Waals surface area contributed by atoms with Gasteiger partial charge in [0.2, 0.25) is 0 Å². The summed E-state index contributed by atoms with van der Waals surface area (Å²) in [5.41, 5.74) is 0. The Bertz CT molecular complexity index is 138. The summed E-state index contributed by atoms with van der Waals surface area (Å²) in [7, 11) is 0. The monoisotopic (exact) mass is 156 g/mol. The van der Waals surface area contributed by atoms with E-state index < -0.39 is 0 Å². The molecule has 2 heteroatoms.